The standard InChI is InChI=1S/C26H33N5O2/c1-3-23-21(15-27-26(32)20-10-6-8-17-7-5-9-19(17)20)24(29-18-11-13-33-14-12-18)22-16-28-31(4-2)25(22)30-23/h6,8,10,16,18H,3-5,7,9,11-15H2,1-2H3,(H,27,32)(H,29,30). The maximum Gasteiger partial charge on any atom is 0.251 e. The Labute approximate surface area is 194 Å². The van der Waals surface area contributed by atoms with Crippen LogP contribution in [0.4, 0.5) is 5.69 Å². The molecule has 2 aliphatic rings. The highest BCUT2D eigenvalue weighted by molar-refractivity contribution is 5.97. The molecular formula is C26H33N5O2. The van der Waals surface area contributed by atoms with Crippen LogP contribution in [0.3, 0.4) is 0 Å². The fourth-order valence-electron chi connectivity index (χ4n) is 5.20. The van der Waals surface area contributed by atoms with Crippen LogP contribution in [0.1, 0.15) is 65.9 Å². The Morgan fingerprint density at radius 3 is 2.85 bits per heavy atom. The lowest BCUT2D eigenvalue weighted by Crippen LogP contribution is -2.30. The van der Waals surface area contributed by atoms with Gasteiger partial charge in [0.15, 0.2) is 5.65 Å². The molecule has 3 heterocycles. The Bertz CT molecular complexity index is 1160. The summed E-state index contributed by atoms with van der Waals surface area (Å²) in [5, 5.41) is 12.6. The van der Waals surface area contributed by atoms with Crippen molar-refractivity contribution in [3.05, 3.63) is 52.3 Å². The van der Waals surface area contributed by atoms with Crippen molar-refractivity contribution < 1.29 is 9.53 Å². The van der Waals surface area contributed by atoms with E-state index in [1.54, 1.807) is 0 Å². The molecule has 3 aromatic rings. The number of benzene rings is 1. The van der Waals surface area contributed by atoms with Crippen molar-refractivity contribution in [3.63, 3.8) is 0 Å². The number of carbonyl (C=O) groups excluding carboxylic acids is 1. The minimum Gasteiger partial charge on any atom is -0.381 e. The number of aromatic nitrogens is 3. The van der Waals surface area contributed by atoms with Gasteiger partial charge in [0.1, 0.15) is 0 Å². The Morgan fingerprint density at radius 2 is 2.06 bits per heavy atom. The molecule has 1 aliphatic heterocycles. The van der Waals surface area contributed by atoms with Crippen molar-refractivity contribution >= 4 is 22.6 Å². The van der Waals surface area contributed by atoms with E-state index in [2.05, 4.69) is 35.6 Å². The van der Waals surface area contributed by atoms with E-state index in [1.807, 2.05) is 23.0 Å². The summed E-state index contributed by atoms with van der Waals surface area (Å²) < 4.78 is 7.50. The average Bonchev–Trinajstić information content (AvgIpc) is 3.50. The molecule has 1 amide bonds. The second-order valence-electron chi connectivity index (χ2n) is 8.97. The zero-order valence-electron chi connectivity index (χ0n) is 19.6. The van der Waals surface area contributed by atoms with Crippen LogP contribution in [0, 0.1) is 0 Å². The van der Waals surface area contributed by atoms with E-state index < -0.39 is 0 Å². The Hall–Kier alpha value is -2.93. The predicted octanol–water partition coefficient (Wildman–Crippen LogP) is 4.02. The molecule has 2 aromatic heterocycles. The van der Waals surface area contributed by atoms with Crippen molar-refractivity contribution in [2.45, 2.75) is 71.5 Å². The fourth-order valence-corrected chi connectivity index (χ4v) is 5.20. The number of fused-ring (bicyclic) bond motifs is 2. The number of hydrogen-bond acceptors (Lipinski definition) is 5. The first kappa shape index (κ1) is 21.9. The number of ether oxygens (including phenoxy) is 1. The number of aryl methyl sites for hydroxylation is 3. The molecule has 174 valence electrons. The van der Waals surface area contributed by atoms with Crippen LogP contribution in [0.5, 0.6) is 0 Å². The number of nitrogens with one attached hydrogen (secondary N) is 2. The summed E-state index contributed by atoms with van der Waals surface area (Å²) in [6.45, 7) is 6.95. The highest BCUT2D eigenvalue weighted by Gasteiger charge is 2.23. The SMILES string of the molecule is CCc1nc2c(cnn2CC)c(NC2CCOCC2)c1CNC(=O)c1cccc2c1CCC2. The van der Waals surface area contributed by atoms with Gasteiger partial charge in [0, 0.05) is 49.2 Å². The number of nitrogens with zero attached hydrogens (tertiary/aromatic N) is 3. The van der Waals surface area contributed by atoms with Crippen molar-refractivity contribution in [3.8, 4) is 0 Å². The molecule has 2 N–H and O–H groups in total. The molecule has 1 aromatic carbocycles. The monoisotopic (exact) mass is 447 g/mol. The highest BCUT2D eigenvalue weighted by Crippen LogP contribution is 2.31. The molecule has 0 atom stereocenters. The number of pyridine rings is 1. The molecule has 1 aliphatic carbocycles. The first-order valence-electron chi connectivity index (χ1n) is 12.3. The maximum atomic E-state index is 13.2. The van der Waals surface area contributed by atoms with Crippen molar-refractivity contribution in [2.24, 2.45) is 0 Å². The van der Waals surface area contributed by atoms with Crippen molar-refractivity contribution in [2.75, 3.05) is 18.5 Å². The molecule has 0 bridgehead atoms. The number of rotatable bonds is 7. The molecule has 33 heavy (non-hydrogen) atoms. The quantitative estimate of drug-likeness (QED) is 0.572. The van der Waals surface area contributed by atoms with Gasteiger partial charge >= 0.3 is 0 Å². The van der Waals surface area contributed by atoms with Gasteiger partial charge in [0.25, 0.3) is 5.91 Å². The second-order valence-corrected chi connectivity index (χ2v) is 8.97. The van der Waals surface area contributed by atoms with E-state index in [4.69, 9.17) is 9.72 Å². The van der Waals surface area contributed by atoms with E-state index in [0.717, 1.165) is 91.8 Å². The number of hydrogen-bond donors (Lipinski definition) is 2. The lowest BCUT2D eigenvalue weighted by atomic mass is 10.0. The van der Waals surface area contributed by atoms with Gasteiger partial charge in [0.05, 0.1) is 17.3 Å². The molecule has 0 spiro atoms. The summed E-state index contributed by atoms with van der Waals surface area (Å²) >= 11 is 0. The van der Waals surface area contributed by atoms with Crippen molar-refractivity contribution in [1.82, 2.24) is 20.1 Å². The first-order valence-corrected chi connectivity index (χ1v) is 12.3. The van der Waals surface area contributed by atoms with E-state index in [1.165, 1.54) is 11.1 Å². The molecule has 5 rings (SSSR count). The largest absolute Gasteiger partial charge is 0.381 e. The molecule has 1 fully saturated rings. The number of carbonyl (C=O) groups is 1. The third-order valence-corrected chi connectivity index (χ3v) is 6.99. The minimum absolute atomic E-state index is 0.00262. The summed E-state index contributed by atoms with van der Waals surface area (Å²) in [5.41, 5.74) is 7.37. The molecule has 1 saturated heterocycles. The van der Waals surface area contributed by atoms with Gasteiger partial charge in [-0.25, -0.2) is 9.67 Å². The zero-order chi connectivity index (χ0) is 22.8. The summed E-state index contributed by atoms with van der Waals surface area (Å²) in [6, 6.07) is 6.44. The van der Waals surface area contributed by atoms with Gasteiger partial charge < -0.3 is 15.4 Å². The molecule has 7 nitrogen and oxygen atoms in total. The topological polar surface area (TPSA) is 81.1 Å². The number of amides is 1. The van der Waals surface area contributed by atoms with E-state index in [9.17, 15) is 4.79 Å². The minimum atomic E-state index is -0.00262. The lowest BCUT2D eigenvalue weighted by Gasteiger charge is -2.26. The molecule has 0 unspecified atom stereocenters. The maximum absolute atomic E-state index is 13.2. The van der Waals surface area contributed by atoms with Gasteiger partial charge in [0.2, 0.25) is 0 Å². The summed E-state index contributed by atoms with van der Waals surface area (Å²) in [7, 11) is 0. The van der Waals surface area contributed by atoms with E-state index >= 15 is 0 Å². The van der Waals surface area contributed by atoms with Gasteiger partial charge in [-0.2, -0.15) is 5.10 Å². The predicted molar refractivity (Wildman–Crippen MR) is 130 cm³/mol. The normalized spacial score (nSPS) is 16.2. The van der Waals surface area contributed by atoms with Crippen LogP contribution in [0.2, 0.25) is 0 Å². The second kappa shape index (κ2) is 9.51. The van der Waals surface area contributed by atoms with Crippen LogP contribution in [-0.2, 0) is 37.1 Å². The van der Waals surface area contributed by atoms with Gasteiger partial charge in [-0.1, -0.05) is 19.1 Å². The highest BCUT2D eigenvalue weighted by atomic mass is 16.5. The van der Waals surface area contributed by atoms with Crippen molar-refractivity contribution in [1.29, 1.82) is 0 Å². The molecular weight excluding hydrogens is 414 g/mol. The molecule has 7 heteroatoms. The smallest absolute Gasteiger partial charge is 0.251 e. The number of anilines is 1. The van der Waals surface area contributed by atoms with E-state index in [0.29, 0.717) is 12.6 Å². The first-order chi connectivity index (χ1) is 16.2. The molecule has 0 saturated carbocycles. The van der Waals surface area contributed by atoms with Crippen LogP contribution in [0.15, 0.2) is 24.4 Å². The Kier molecular flexibility index (Phi) is 6.31. The van der Waals surface area contributed by atoms with Gasteiger partial charge in [-0.3, -0.25) is 4.79 Å². The van der Waals surface area contributed by atoms with Crippen LogP contribution in [0.25, 0.3) is 11.0 Å². The Balaban J connectivity index is 1.49. The summed E-state index contributed by atoms with van der Waals surface area (Å²) in [5.74, 6) is -0.00262. The van der Waals surface area contributed by atoms with Crippen LogP contribution in [-0.4, -0.2) is 39.9 Å². The van der Waals surface area contributed by atoms with Crippen LogP contribution < -0.4 is 10.6 Å². The van der Waals surface area contributed by atoms with Crippen LogP contribution >= 0.6 is 0 Å². The Morgan fingerprint density at radius 1 is 1.21 bits per heavy atom. The summed E-state index contributed by atoms with van der Waals surface area (Å²) in [6.07, 6.45) is 7.81. The van der Waals surface area contributed by atoms with E-state index in [-0.39, 0.29) is 5.91 Å². The fraction of sp³-hybridized carbons (Fsp3) is 0.500. The lowest BCUT2D eigenvalue weighted by molar-refractivity contribution is 0.0904. The zero-order valence-corrected chi connectivity index (χ0v) is 19.6. The third-order valence-electron chi connectivity index (χ3n) is 6.99. The van der Waals surface area contributed by atoms with Gasteiger partial charge in [-0.15, -0.1) is 0 Å². The van der Waals surface area contributed by atoms with Gasteiger partial charge in [-0.05, 0) is 62.6 Å². The third kappa shape index (κ3) is 4.22. The summed E-state index contributed by atoms with van der Waals surface area (Å²) in [4.78, 5) is 18.2. The molecule has 0 radical (unpaired) electrons. The average molecular weight is 448 g/mol.